The molecule has 0 bridgehead atoms. The molecule has 0 aliphatic carbocycles. The third-order valence-corrected chi connectivity index (χ3v) is 4.96. The van der Waals surface area contributed by atoms with Crippen LogP contribution in [-0.2, 0) is 11.5 Å². The molecule has 0 nitrogen and oxygen atoms in total. The van der Waals surface area contributed by atoms with Crippen LogP contribution in [0.1, 0.15) is 36.1 Å². The fourth-order valence-corrected chi connectivity index (χ4v) is 2.87. The van der Waals surface area contributed by atoms with Gasteiger partial charge in [-0.25, -0.2) is 0 Å². The van der Waals surface area contributed by atoms with Gasteiger partial charge in [-0.05, 0) is 36.1 Å². The monoisotopic (exact) mass is 404 g/mol. The Morgan fingerprint density at radius 2 is 1.00 bits per heavy atom. The Bertz CT molecular complexity index is 802. The van der Waals surface area contributed by atoms with E-state index >= 15 is 0 Å². The van der Waals surface area contributed by atoms with Crippen LogP contribution < -0.4 is 0 Å². The molecule has 0 atom stereocenters. The maximum absolute atomic E-state index is 4.28. The van der Waals surface area contributed by atoms with Crippen LogP contribution in [-0.4, -0.2) is 0 Å². The van der Waals surface area contributed by atoms with Gasteiger partial charge in [0.05, 0.1) is 0 Å². The lowest BCUT2D eigenvalue weighted by atomic mass is 10.1. The zero-order valence-electron chi connectivity index (χ0n) is 16.5. The van der Waals surface area contributed by atoms with Crippen LogP contribution in [0, 0.1) is 0 Å². The molecule has 2 rings (SSSR count). The zero-order chi connectivity index (χ0) is 20.2. The summed E-state index contributed by atoms with van der Waals surface area (Å²) >= 11 is 8.57. The van der Waals surface area contributed by atoms with Gasteiger partial charge in [0.2, 0.25) is 0 Å². The number of allylic oxidation sites excluding steroid dienone is 8. The second-order valence-corrected chi connectivity index (χ2v) is 7.30. The maximum atomic E-state index is 4.28. The summed E-state index contributed by atoms with van der Waals surface area (Å²) in [6.45, 7) is 4.21. The Hall–Kier alpha value is -2.16. The molecule has 0 fully saturated rings. The molecule has 0 N–H and O–H groups in total. The average molecular weight is 405 g/mol. The number of hydrogen-bond donors (Lipinski definition) is 2. The molecule has 28 heavy (non-hydrogen) atoms. The highest BCUT2D eigenvalue weighted by Crippen LogP contribution is 2.11. The summed E-state index contributed by atoms with van der Waals surface area (Å²) in [5, 5.41) is 0. The van der Waals surface area contributed by atoms with E-state index < -0.39 is 0 Å². The highest BCUT2D eigenvalue weighted by atomic mass is 32.1. The van der Waals surface area contributed by atoms with Gasteiger partial charge in [-0.1, -0.05) is 108 Å². The first-order chi connectivity index (χ1) is 13.6. The average Bonchev–Trinajstić information content (AvgIpc) is 2.74. The Kier molecular flexibility index (Phi) is 9.74. The molecule has 2 aromatic rings. The summed E-state index contributed by atoms with van der Waals surface area (Å²) in [6.07, 6.45) is 16.9. The predicted molar refractivity (Wildman–Crippen MR) is 133 cm³/mol. The second kappa shape index (κ2) is 12.3. The Morgan fingerprint density at radius 1 is 0.643 bits per heavy atom. The topological polar surface area (TPSA) is 0 Å². The largest absolute Gasteiger partial charge is 0.175 e. The molecule has 2 aromatic carbocycles. The number of hydrogen-bond acceptors (Lipinski definition) is 2. The number of rotatable bonds is 8. The van der Waals surface area contributed by atoms with Crippen molar-refractivity contribution in [2.75, 3.05) is 0 Å². The van der Waals surface area contributed by atoms with Gasteiger partial charge < -0.3 is 0 Å². The van der Waals surface area contributed by atoms with Gasteiger partial charge in [0.15, 0.2) is 0 Å². The first kappa shape index (κ1) is 22.1. The van der Waals surface area contributed by atoms with E-state index in [1.807, 2.05) is 0 Å². The summed E-state index contributed by atoms with van der Waals surface area (Å²) in [7, 11) is 0. The second-order valence-electron chi connectivity index (χ2n) is 6.67. The van der Waals surface area contributed by atoms with Crippen LogP contribution in [0.5, 0.6) is 0 Å². The van der Waals surface area contributed by atoms with Crippen molar-refractivity contribution in [3.63, 3.8) is 0 Å². The van der Waals surface area contributed by atoms with Crippen molar-refractivity contribution in [3.8, 4) is 0 Å². The molecule has 0 saturated carbocycles. The molecule has 0 saturated heterocycles. The third kappa shape index (κ3) is 8.24. The molecule has 2 heteroatoms. The lowest BCUT2D eigenvalue weighted by Gasteiger charge is -1.97. The summed E-state index contributed by atoms with van der Waals surface area (Å²) in [6, 6.07) is 16.9. The van der Waals surface area contributed by atoms with Crippen molar-refractivity contribution in [1.29, 1.82) is 0 Å². The van der Waals surface area contributed by atoms with Gasteiger partial charge in [-0.3, -0.25) is 0 Å². The van der Waals surface area contributed by atoms with E-state index in [0.717, 1.165) is 11.5 Å². The van der Waals surface area contributed by atoms with Gasteiger partial charge >= 0.3 is 0 Å². The summed E-state index contributed by atoms with van der Waals surface area (Å²) in [4.78, 5) is 0. The van der Waals surface area contributed by atoms with E-state index in [9.17, 15) is 0 Å². The van der Waals surface area contributed by atoms with E-state index in [1.165, 1.54) is 33.4 Å². The predicted octanol–water partition coefficient (Wildman–Crippen LogP) is 7.72. The van der Waals surface area contributed by atoms with Crippen LogP contribution in [0.2, 0.25) is 0 Å². The molecule has 0 amide bonds. The normalized spacial score (nSPS) is 13.3. The SMILES string of the molecule is CC(/C=C/c1ccc(CS)cc1)=C\C=C\C=C(C)\C=C\c1ccc(CS)cc1. The molecule has 0 heterocycles. The maximum Gasteiger partial charge on any atom is 0.0154 e. The number of benzene rings is 2. The standard InChI is InChI=1S/C26H28S2/c1-21(7-9-23-11-15-25(19-27)16-12-23)5-3-4-6-22(2)8-10-24-13-17-26(20-28)18-14-24/h3-18,27-28H,19-20H2,1-2H3/b4-3+,9-7+,10-8+,21-5+,22-6+. The molecule has 0 unspecified atom stereocenters. The van der Waals surface area contributed by atoms with E-state index in [1.54, 1.807) is 0 Å². The summed E-state index contributed by atoms with van der Waals surface area (Å²) in [5.74, 6) is 1.55. The zero-order valence-corrected chi connectivity index (χ0v) is 18.3. The fraction of sp³-hybridized carbons (Fsp3) is 0.154. The Labute approximate surface area is 180 Å². The van der Waals surface area contributed by atoms with E-state index in [4.69, 9.17) is 0 Å². The fourth-order valence-electron chi connectivity index (χ4n) is 2.45. The van der Waals surface area contributed by atoms with Gasteiger partial charge in [-0.2, -0.15) is 25.3 Å². The van der Waals surface area contributed by atoms with Crippen molar-refractivity contribution in [1.82, 2.24) is 0 Å². The van der Waals surface area contributed by atoms with Gasteiger partial charge in [0.25, 0.3) is 0 Å². The quantitative estimate of drug-likeness (QED) is 0.326. The van der Waals surface area contributed by atoms with Gasteiger partial charge in [-0.15, -0.1) is 0 Å². The summed E-state index contributed by atoms with van der Waals surface area (Å²) < 4.78 is 0. The minimum absolute atomic E-state index is 0.776. The molecular formula is C26H28S2. The lowest BCUT2D eigenvalue weighted by molar-refractivity contribution is 1.42. The third-order valence-electron chi connectivity index (χ3n) is 4.23. The van der Waals surface area contributed by atoms with Crippen molar-refractivity contribution >= 4 is 37.4 Å². The van der Waals surface area contributed by atoms with Crippen molar-refractivity contribution in [2.24, 2.45) is 0 Å². The van der Waals surface area contributed by atoms with Crippen LogP contribution in [0.15, 0.2) is 96.1 Å². The Balaban J connectivity index is 1.88. The summed E-state index contributed by atoms with van der Waals surface area (Å²) in [5.41, 5.74) is 7.29. The molecule has 0 aromatic heterocycles. The van der Waals surface area contributed by atoms with Crippen LogP contribution in [0.4, 0.5) is 0 Å². The molecular weight excluding hydrogens is 376 g/mol. The van der Waals surface area contributed by atoms with Gasteiger partial charge in [0.1, 0.15) is 0 Å². The van der Waals surface area contributed by atoms with Crippen molar-refractivity contribution in [2.45, 2.75) is 25.4 Å². The highest BCUT2D eigenvalue weighted by Gasteiger charge is 1.90. The van der Waals surface area contributed by atoms with Crippen LogP contribution >= 0.6 is 25.3 Å². The van der Waals surface area contributed by atoms with Crippen LogP contribution in [0.3, 0.4) is 0 Å². The van der Waals surface area contributed by atoms with Crippen LogP contribution in [0.25, 0.3) is 12.2 Å². The van der Waals surface area contributed by atoms with E-state index in [-0.39, 0.29) is 0 Å². The molecule has 0 aliphatic rings. The van der Waals surface area contributed by atoms with Crippen molar-refractivity contribution in [3.05, 3.63) is 118 Å². The number of thiol groups is 2. The first-order valence-electron chi connectivity index (χ1n) is 9.38. The highest BCUT2D eigenvalue weighted by molar-refractivity contribution is 7.79. The van der Waals surface area contributed by atoms with Gasteiger partial charge in [0, 0.05) is 11.5 Å². The first-order valence-corrected chi connectivity index (χ1v) is 10.6. The van der Waals surface area contributed by atoms with E-state index in [2.05, 4.69) is 136 Å². The minimum atomic E-state index is 0.776. The smallest absolute Gasteiger partial charge is 0.0154 e. The molecule has 144 valence electrons. The Morgan fingerprint density at radius 3 is 1.32 bits per heavy atom. The molecule has 0 aliphatic heterocycles. The van der Waals surface area contributed by atoms with Crippen molar-refractivity contribution < 1.29 is 0 Å². The molecule has 0 radical (unpaired) electrons. The lowest BCUT2D eigenvalue weighted by Crippen LogP contribution is -1.78. The minimum Gasteiger partial charge on any atom is -0.175 e. The van der Waals surface area contributed by atoms with E-state index in [0.29, 0.717) is 0 Å². The molecule has 0 spiro atoms.